The second kappa shape index (κ2) is 10.2. The molecular formula is C23H21N3O6. The van der Waals surface area contributed by atoms with Gasteiger partial charge in [0.25, 0.3) is 5.91 Å². The number of hydrogen-bond donors (Lipinski definition) is 2. The fourth-order valence-electron chi connectivity index (χ4n) is 3.07. The van der Waals surface area contributed by atoms with Gasteiger partial charge in [0.05, 0.1) is 7.11 Å². The number of para-hydroxylation sites is 1. The van der Waals surface area contributed by atoms with Gasteiger partial charge in [-0.25, -0.2) is 9.78 Å². The molecule has 0 aliphatic heterocycles. The summed E-state index contributed by atoms with van der Waals surface area (Å²) in [6, 6.07) is 15.8. The predicted octanol–water partition coefficient (Wildman–Crippen LogP) is 2.91. The molecule has 1 heterocycles. The molecular weight excluding hydrogens is 414 g/mol. The summed E-state index contributed by atoms with van der Waals surface area (Å²) in [7, 11) is 2.60. The number of nitrogens with one attached hydrogen (secondary N) is 1. The molecule has 3 rings (SSSR count). The van der Waals surface area contributed by atoms with Crippen molar-refractivity contribution in [3.05, 3.63) is 59.9 Å². The Labute approximate surface area is 184 Å². The molecule has 0 aliphatic carbocycles. The first-order valence-electron chi connectivity index (χ1n) is 9.67. The average Bonchev–Trinajstić information content (AvgIpc) is 2.82. The molecule has 0 radical (unpaired) electrons. The number of carbonyl (C=O) groups is 2. The van der Waals surface area contributed by atoms with E-state index in [0.717, 1.165) is 0 Å². The molecule has 0 saturated heterocycles. The number of pyridine rings is 1. The lowest BCUT2D eigenvalue weighted by Gasteiger charge is -2.14. The van der Waals surface area contributed by atoms with Crippen molar-refractivity contribution in [2.45, 2.75) is 12.5 Å². The van der Waals surface area contributed by atoms with Crippen LogP contribution < -0.4 is 10.1 Å². The quantitative estimate of drug-likeness (QED) is 0.517. The number of methoxy groups -OCH3 is 2. The number of carbonyl (C=O) groups excluding carboxylic acids is 2. The zero-order chi connectivity index (χ0) is 23.1. The van der Waals surface area contributed by atoms with Crippen LogP contribution in [0.3, 0.4) is 0 Å². The molecule has 0 fully saturated rings. The monoisotopic (exact) mass is 435 g/mol. The first kappa shape index (κ1) is 22.5. The third-order valence-electron chi connectivity index (χ3n) is 4.69. The standard InChI is InChI=1S/C23H21N3O6/c1-30-19(23(29)31-2)10-11-25-22(28)20-21(27)16-9-8-15(12-17(16)18(13-24)26-20)32-14-6-4-3-5-7-14/h3-9,12,19,27H,10-11H2,1-2H3,(H,25,28). The maximum Gasteiger partial charge on any atom is 0.335 e. The molecule has 1 atom stereocenters. The topological polar surface area (TPSA) is 131 Å². The number of amides is 1. The molecule has 32 heavy (non-hydrogen) atoms. The Morgan fingerprint density at radius 3 is 2.53 bits per heavy atom. The Bertz CT molecular complexity index is 1170. The van der Waals surface area contributed by atoms with Crippen molar-refractivity contribution in [2.24, 2.45) is 0 Å². The van der Waals surface area contributed by atoms with Crippen LogP contribution in [0.2, 0.25) is 0 Å². The SMILES string of the molecule is COC(=O)C(CCNC(=O)c1nc(C#N)c2cc(Oc3ccccc3)ccc2c1O)OC. The highest BCUT2D eigenvalue weighted by molar-refractivity contribution is 6.03. The van der Waals surface area contributed by atoms with Crippen molar-refractivity contribution in [2.75, 3.05) is 20.8 Å². The van der Waals surface area contributed by atoms with E-state index in [1.165, 1.54) is 14.2 Å². The largest absolute Gasteiger partial charge is 0.505 e. The van der Waals surface area contributed by atoms with Gasteiger partial charge < -0.3 is 24.6 Å². The van der Waals surface area contributed by atoms with Gasteiger partial charge in [0.1, 0.15) is 23.3 Å². The van der Waals surface area contributed by atoms with E-state index in [9.17, 15) is 20.0 Å². The number of aromatic hydroxyl groups is 1. The summed E-state index contributed by atoms with van der Waals surface area (Å²) >= 11 is 0. The van der Waals surface area contributed by atoms with Crippen LogP contribution in [0.25, 0.3) is 10.8 Å². The molecule has 2 N–H and O–H groups in total. The third kappa shape index (κ3) is 4.94. The van der Waals surface area contributed by atoms with Gasteiger partial charge in [0, 0.05) is 30.8 Å². The second-order valence-corrected chi connectivity index (χ2v) is 6.68. The summed E-state index contributed by atoms with van der Waals surface area (Å²) in [6.45, 7) is 0.0668. The molecule has 2 aromatic carbocycles. The number of aromatic nitrogens is 1. The highest BCUT2D eigenvalue weighted by Gasteiger charge is 2.22. The number of benzene rings is 2. The highest BCUT2D eigenvalue weighted by atomic mass is 16.6. The normalized spacial score (nSPS) is 11.4. The molecule has 1 unspecified atom stereocenters. The summed E-state index contributed by atoms with van der Waals surface area (Å²) in [5.74, 6) is -0.551. The third-order valence-corrected chi connectivity index (χ3v) is 4.69. The summed E-state index contributed by atoms with van der Waals surface area (Å²) in [6.07, 6.45) is -0.676. The smallest absolute Gasteiger partial charge is 0.335 e. The molecule has 9 nitrogen and oxygen atoms in total. The lowest BCUT2D eigenvalue weighted by molar-refractivity contribution is -0.152. The molecule has 9 heteroatoms. The molecule has 0 bridgehead atoms. The first-order chi connectivity index (χ1) is 15.5. The highest BCUT2D eigenvalue weighted by Crippen LogP contribution is 2.33. The van der Waals surface area contributed by atoms with Crippen molar-refractivity contribution >= 4 is 22.6 Å². The van der Waals surface area contributed by atoms with E-state index < -0.39 is 18.0 Å². The van der Waals surface area contributed by atoms with E-state index in [0.29, 0.717) is 16.9 Å². The van der Waals surface area contributed by atoms with E-state index in [1.54, 1.807) is 30.3 Å². The van der Waals surface area contributed by atoms with Gasteiger partial charge in [-0.2, -0.15) is 5.26 Å². The Balaban J connectivity index is 1.83. The van der Waals surface area contributed by atoms with Crippen LogP contribution in [0.1, 0.15) is 22.6 Å². The Hall–Kier alpha value is -4.16. The Morgan fingerprint density at radius 1 is 1.12 bits per heavy atom. The van der Waals surface area contributed by atoms with Crippen LogP contribution in [0.5, 0.6) is 17.2 Å². The second-order valence-electron chi connectivity index (χ2n) is 6.68. The number of rotatable bonds is 8. The van der Waals surface area contributed by atoms with Crippen LogP contribution in [-0.4, -0.2) is 48.8 Å². The van der Waals surface area contributed by atoms with Crippen LogP contribution in [0, 0.1) is 11.3 Å². The van der Waals surface area contributed by atoms with Gasteiger partial charge >= 0.3 is 5.97 Å². The van der Waals surface area contributed by atoms with Crippen LogP contribution in [0.15, 0.2) is 48.5 Å². The number of esters is 1. The van der Waals surface area contributed by atoms with Gasteiger partial charge in [-0.1, -0.05) is 18.2 Å². The molecule has 0 aliphatic rings. The van der Waals surface area contributed by atoms with E-state index in [2.05, 4.69) is 15.0 Å². The van der Waals surface area contributed by atoms with Crippen molar-refractivity contribution in [1.82, 2.24) is 10.3 Å². The molecule has 0 spiro atoms. The Kier molecular flexibility index (Phi) is 7.21. The molecule has 1 amide bonds. The number of hydrogen-bond acceptors (Lipinski definition) is 8. The minimum absolute atomic E-state index is 0.0363. The minimum atomic E-state index is -0.837. The van der Waals surface area contributed by atoms with Crippen molar-refractivity contribution in [3.8, 4) is 23.3 Å². The summed E-state index contributed by atoms with van der Waals surface area (Å²) < 4.78 is 15.4. The number of fused-ring (bicyclic) bond motifs is 1. The molecule has 164 valence electrons. The maximum absolute atomic E-state index is 12.6. The molecule has 1 aromatic heterocycles. The number of nitrogens with zero attached hydrogens (tertiary/aromatic N) is 2. The van der Waals surface area contributed by atoms with E-state index >= 15 is 0 Å². The molecule has 3 aromatic rings. The van der Waals surface area contributed by atoms with Gasteiger partial charge in [0.15, 0.2) is 17.5 Å². The van der Waals surface area contributed by atoms with Crippen LogP contribution in [0.4, 0.5) is 0 Å². The van der Waals surface area contributed by atoms with Gasteiger partial charge in [-0.3, -0.25) is 4.79 Å². The lowest BCUT2D eigenvalue weighted by Crippen LogP contribution is -2.32. The van der Waals surface area contributed by atoms with Crippen molar-refractivity contribution < 1.29 is 28.9 Å². The van der Waals surface area contributed by atoms with E-state index in [-0.39, 0.29) is 35.5 Å². The summed E-state index contributed by atoms with van der Waals surface area (Å²) in [5.41, 5.74) is -0.330. The predicted molar refractivity (Wildman–Crippen MR) is 114 cm³/mol. The number of nitriles is 1. The fourth-order valence-corrected chi connectivity index (χ4v) is 3.07. The van der Waals surface area contributed by atoms with Crippen LogP contribution in [-0.2, 0) is 14.3 Å². The first-order valence-corrected chi connectivity index (χ1v) is 9.67. The van der Waals surface area contributed by atoms with Crippen molar-refractivity contribution in [1.29, 1.82) is 5.26 Å². The van der Waals surface area contributed by atoms with Crippen molar-refractivity contribution in [3.63, 3.8) is 0 Å². The average molecular weight is 435 g/mol. The fraction of sp³-hybridized carbons (Fsp3) is 0.217. The zero-order valence-corrected chi connectivity index (χ0v) is 17.5. The van der Waals surface area contributed by atoms with Gasteiger partial charge in [-0.05, 0) is 30.3 Å². The van der Waals surface area contributed by atoms with Gasteiger partial charge in [-0.15, -0.1) is 0 Å². The Morgan fingerprint density at radius 2 is 1.88 bits per heavy atom. The zero-order valence-electron chi connectivity index (χ0n) is 17.5. The summed E-state index contributed by atoms with van der Waals surface area (Å²) in [4.78, 5) is 28.2. The van der Waals surface area contributed by atoms with E-state index in [4.69, 9.17) is 9.47 Å². The number of ether oxygens (including phenoxy) is 3. The minimum Gasteiger partial charge on any atom is -0.505 e. The van der Waals surface area contributed by atoms with Crippen LogP contribution >= 0.6 is 0 Å². The summed E-state index contributed by atoms with van der Waals surface area (Å²) in [5, 5.41) is 23.4. The van der Waals surface area contributed by atoms with Gasteiger partial charge in [0.2, 0.25) is 0 Å². The lowest BCUT2D eigenvalue weighted by atomic mass is 10.1. The maximum atomic E-state index is 12.6. The molecule has 0 saturated carbocycles. The van der Waals surface area contributed by atoms with E-state index in [1.807, 2.05) is 24.3 Å².